The molecular weight excluding hydrogens is 1100 g/mol. The molecular formula is C63H73F3N18O2. The van der Waals surface area contributed by atoms with Crippen LogP contribution in [0.5, 0.6) is 0 Å². The van der Waals surface area contributed by atoms with Gasteiger partial charge < -0.3 is 35.5 Å². The summed E-state index contributed by atoms with van der Waals surface area (Å²) in [5, 5.41) is 61.5. The highest BCUT2D eigenvalue weighted by atomic mass is 19.1. The minimum absolute atomic E-state index is 0. The number of fused-ring (bicyclic) bond motifs is 3. The van der Waals surface area contributed by atoms with Gasteiger partial charge in [-0.1, -0.05) is 60.7 Å². The second-order valence-electron chi connectivity index (χ2n) is 21.7. The van der Waals surface area contributed by atoms with Crippen molar-refractivity contribution in [2.24, 2.45) is 5.92 Å². The second-order valence-corrected chi connectivity index (χ2v) is 21.7. The molecule has 4 atom stereocenters. The van der Waals surface area contributed by atoms with Gasteiger partial charge in [-0.2, -0.15) is 20.6 Å². The van der Waals surface area contributed by atoms with E-state index >= 15 is 0 Å². The van der Waals surface area contributed by atoms with Gasteiger partial charge in [0.05, 0.1) is 35.2 Å². The van der Waals surface area contributed by atoms with E-state index < -0.39 is 28.7 Å². The van der Waals surface area contributed by atoms with Crippen LogP contribution in [-0.4, -0.2) is 135 Å². The summed E-state index contributed by atoms with van der Waals surface area (Å²) in [5.41, 5.74) is 3.34. The van der Waals surface area contributed by atoms with E-state index in [-0.39, 0.29) is 43.6 Å². The number of H-pyrrole nitrogens is 3. The number of pyridine rings is 6. The molecule has 12 heterocycles. The van der Waals surface area contributed by atoms with E-state index in [0.29, 0.717) is 84.9 Å². The first-order valence-electron chi connectivity index (χ1n) is 28.4. The second kappa shape index (κ2) is 24.5. The highest BCUT2D eigenvalue weighted by Crippen LogP contribution is 2.35. The van der Waals surface area contributed by atoms with Crippen LogP contribution in [0.25, 0.3) is 67.3 Å². The maximum atomic E-state index is 14.7. The molecule has 0 radical (unpaired) electrons. The van der Waals surface area contributed by atoms with Gasteiger partial charge in [-0.3, -0.25) is 15.3 Å². The van der Waals surface area contributed by atoms with Crippen LogP contribution in [0.2, 0.25) is 0 Å². The Hall–Kier alpha value is -9.73. The zero-order valence-electron chi connectivity index (χ0n) is 47.1. The minimum Gasteiger partial charge on any atom is -0.384 e. The van der Waals surface area contributed by atoms with E-state index in [1.807, 2.05) is 92.7 Å². The molecule has 9 aromatic heterocycles. The van der Waals surface area contributed by atoms with Gasteiger partial charge in [0.15, 0.2) is 34.4 Å². The average molecular weight is 1170 g/mol. The van der Waals surface area contributed by atoms with Crippen molar-refractivity contribution in [3.05, 3.63) is 181 Å². The van der Waals surface area contributed by atoms with Gasteiger partial charge in [-0.05, 0) is 111 Å². The largest absolute Gasteiger partial charge is 0.384 e. The molecule has 20 nitrogen and oxygen atoms in total. The number of hydrogen-bond donors (Lipinski definition) is 7. The molecule has 3 aliphatic heterocycles. The number of rotatable bonds is 10. The van der Waals surface area contributed by atoms with Gasteiger partial charge in [0.25, 0.3) is 0 Å². The summed E-state index contributed by atoms with van der Waals surface area (Å²) in [4.78, 5) is 32.5. The Kier molecular flexibility index (Phi) is 16.1. The Labute approximate surface area is 501 Å². The molecule has 448 valence electrons. The summed E-state index contributed by atoms with van der Waals surface area (Å²) in [6.07, 6.45) is 6.55. The van der Waals surface area contributed by atoms with Crippen LogP contribution >= 0.6 is 0 Å². The van der Waals surface area contributed by atoms with Crippen molar-refractivity contribution < 1.29 is 31.9 Å². The third-order valence-corrected chi connectivity index (χ3v) is 16.3. The molecule has 0 aliphatic carbocycles. The molecule has 3 fully saturated rings. The Morgan fingerprint density at radius 2 is 0.849 bits per heavy atom. The first-order valence-corrected chi connectivity index (χ1v) is 28.4. The van der Waals surface area contributed by atoms with E-state index in [9.17, 15) is 23.4 Å². The van der Waals surface area contributed by atoms with Crippen LogP contribution in [0.3, 0.4) is 0 Å². The third kappa shape index (κ3) is 11.6. The lowest BCUT2D eigenvalue weighted by molar-refractivity contribution is 0.0136. The number of aliphatic hydroxyl groups is 2. The summed E-state index contributed by atoms with van der Waals surface area (Å²) < 4.78 is 43.8. The number of anilines is 3. The molecule has 14 rings (SSSR count). The lowest BCUT2D eigenvalue weighted by atomic mass is 9.87. The molecule has 0 saturated carbocycles. The van der Waals surface area contributed by atoms with E-state index in [1.54, 1.807) is 55.0 Å². The third-order valence-electron chi connectivity index (χ3n) is 16.3. The number of benzene rings is 2. The summed E-state index contributed by atoms with van der Waals surface area (Å²) >= 11 is 0. The van der Waals surface area contributed by atoms with E-state index in [1.165, 1.54) is 18.2 Å². The fourth-order valence-electron chi connectivity index (χ4n) is 11.3. The topological polar surface area (TPSA) is 261 Å². The predicted octanol–water partition coefficient (Wildman–Crippen LogP) is 10.1. The zero-order chi connectivity index (χ0) is 59.4. The number of piperazine rings is 2. The fraction of sp³-hybridized carbons (Fsp3) is 0.270. The molecule has 0 bridgehead atoms. The first kappa shape index (κ1) is 56.7. The molecule has 2 aromatic carbocycles. The van der Waals surface area contributed by atoms with Crippen molar-refractivity contribution in [1.82, 2.24) is 71.1 Å². The minimum atomic E-state index is -1.06. The smallest absolute Gasteiger partial charge is 0.181 e. The quantitative estimate of drug-likeness (QED) is 0.0672. The molecule has 7 N–H and O–H groups in total. The van der Waals surface area contributed by atoms with Crippen LogP contribution in [0.1, 0.15) is 46.4 Å². The molecule has 23 heteroatoms. The molecule has 3 saturated heterocycles. The van der Waals surface area contributed by atoms with Gasteiger partial charge in [-0.25, -0.2) is 43.1 Å². The molecule has 86 heavy (non-hydrogen) atoms. The van der Waals surface area contributed by atoms with Gasteiger partial charge in [0, 0.05) is 102 Å². The van der Waals surface area contributed by atoms with E-state index in [2.05, 4.69) is 91.9 Å². The maximum Gasteiger partial charge on any atom is 0.181 e. The van der Waals surface area contributed by atoms with Crippen molar-refractivity contribution in [2.75, 3.05) is 67.1 Å². The normalized spacial score (nSPS) is 17.9. The number of aromatic nitrogens is 12. The fourth-order valence-corrected chi connectivity index (χ4v) is 11.3. The van der Waals surface area contributed by atoms with E-state index in [4.69, 9.17) is 5.26 Å². The number of nitrogens with one attached hydrogen (secondary N) is 5. The Morgan fingerprint density at radius 3 is 1.21 bits per heavy atom. The van der Waals surface area contributed by atoms with Crippen molar-refractivity contribution in [1.29, 1.82) is 5.26 Å². The van der Waals surface area contributed by atoms with Gasteiger partial charge in [0.1, 0.15) is 45.7 Å². The number of nitrogens with zero attached hydrogens (tertiary/aromatic N) is 13. The lowest BCUT2D eigenvalue weighted by Crippen LogP contribution is -2.59. The molecule has 0 unspecified atom stereocenters. The highest BCUT2D eigenvalue weighted by molar-refractivity contribution is 5.91. The van der Waals surface area contributed by atoms with Crippen molar-refractivity contribution >= 4 is 50.6 Å². The van der Waals surface area contributed by atoms with E-state index in [0.717, 1.165) is 59.0 Å². The summed E-state index contributed by atoms with van der Waals surface area (Å²) in [6.45, 7) is 8.96. The number of hydrogen-bond acceptors (Lipinski definition) is 17. The average Bonchev–Trinajstić information content (AvgIpc) is 1.29. The monoisotopic (exact) mass is 1170 g/mol. The number of aromatic amines is 3. The van der Waals surface area contributed by atoms with Crippen LogP contribution in [-0.2, 0) is 11.2 Å². The molecule has 3 aliphatic rings. The standard InChI is InChI=1S/2C23H23FN6O.C17H15FN6.6H2/c2*1-23(31,15-6-3-2-4-7-15)18-14-30(13-12-25-18)19-10-9-17(24)21(27-19)20-16-8-5-11-26-22(16)29-28-20;18-13-3-4-14(24-8-5-11(10-19)6-9-24)21-16(13)15-12-2-1-7-20-17(12)23-22-15;;;;;;/h2*2-11,18,25,31H,12-14H2,1H3,(H,26,28,29);1-4,7,11H,5-6,8-9H2,(H,20,22,23);6*1H/t2*18-,23-;;;;;;;/m00......./s1. The Bertz CT molecular complexity index is 4030. The van der Waals surface area contributed by atoms with Gasteiger partial charge in [0.2, 0.25) is 0 Å². The van der Waals surface area contributed by atoms with Crippen LogP contribution in [0.15, 0.2) is 152 Å². The van der Waals surface area contributed by atoms with Crippen LogP contribution < -0.4 is 25.3 Å². The number of piperidine rings is 1. The van der Waals surface area contributed by atoms with Crippen LogP contribution in [0, 0.1) is 34.7 Å². The first-order chi connectivity index (χ1) is 41.8. The molecule has 0 amide bonds. The lowest BCUT2D eigenvalue weighted by Gasteiger charge is -2.42. The summed E-state index contributed by atoms with van der Waals surface area (Å²) in [6, 6.07) is 41.3. The number of nitriles is 1. The van der Waals surface area contributed by atoms with Gasteiger partial charge >= 0.3 is 0 Å². The van der Waals surface area contributed by atoms with Gasteiger partial charge in [-0.15, -0.1) is 0 Å². The van der Waals surface area contributed by atoms with Crippen molar-refractivity contribution in [3.63, 3.8) is 0 Å². The molecule has 0 spiro atoms. The van der Waals surface area contributed by atoms with Crippen molar-refractivity contribution in [3.8, 4) is 40.2 Å². The van der Waals surface area contributed by atoms with Crippen LogP contribution in [0.4, 0.5) is 30.6 Å². The van der Waals surface area contributed by atoms with Crippen molar-refractivity contribution in [2.45, 2.75) is 50.0 Å². The predicted molar refractivity (Wildman–Crippen MR) is 335 cm³/mol. The summed E-state index contributed by atoms with van der Waals surface area (Å²) in [5.74, 6) is 0.859. The zero-order valence-corrected chi connectivity index (χ0v) is 47.1. The number of halogens is 3. The molecule has 11 aromatic rings. The summed E-state index contributed by atoms with van der Waals surface area (Å²) in [7, 11) is 0. The maximum absolute atomic E-state index is 14.7. The highest BCUT2D eigenvalue weighted by Gasteiger charge is 2.39. The Balaban J connectivity index is 0.000000214. The Morgan fingerprint density at radius 1 is 0.488 bits per heavy atom. The SMILES string of the molecule is C[C@](O)(c1ccccc1)[C@@H]1CN(c2ccc(F)c(-c3[nH]nc4ncccc34)n2)CCN1.C[C@](O)(c1ccccc1)[C@@H]1CN(c2ccc(F)c(-c3[nH]nc4ncccc34)n2)CCN1.N#CC1CCN(c2ccc(F)c(-c3[nH]nc4ncccc34)n2)CC1.[HH].[HH].[HH].[HH].[HH].[HH].